The van der Waals surface area contributed by atoms with Crippen molar-refractivity contribution < 1.29 is 0 Å². The van der Waals surface area contributed by atoms with E-state index in [1.807, 2.05) is 10.6 Å². The fourth-order valence-electron chi connectivity index (χ4n) is 1.55. The predicted molar refractivity (Wildman–Crippen MR) is 75.8 cm³/mol. The van der Waals surface area contributed by atoms with Gasteiger partial charge in [-0.1, -0.05) is 0 Å². The number of imidazole rings is 1. The Hall–Kier alpha value is -0.720. The second-order valence-corrected chi connectivity index (χ2v) is 4.83. The number of anilines is 1. The van der Waals surface area contributed by atoms with Crippen LogP contribution in [0.3, 0.4) is 0 Å². The molecule has 16 heavy (non-hydrogen) atoms. The molecule has 0 aliphatic carbocycles. The zero-order chi connectivity index (χ0) is 11.7. The first-order valence-corrected chi connectivity index (χ1v) is 6.04. The van der Waals surface area contributed by atoms with E-state index in [4.69, 9.17) is 7.74 Å². The molecule has 3 radical (unpaired) electrons. The molecule has 0 fully saturated rings. The topological polar surface area (TPSA) is 42.7 Å². The van der Waals surface area contributed by atoms with Crippen LogP contribution in [-0.2, 0) is 0 Å². The van der Waals surface area contributed by atoms with Crippen LogP contribution < -0.4 is 5.23 Å². The monoisotopic (exact) mass is 323 g/mol. The van der Waals surface area contributed by atoms with E-state index in [1.54, 1.807) is 6.33 Å². The molecule has 0 unspecified atom stereocenters. The van der Waals surface area contributed by atoms with Gasteiger partial charge in [-0.05, 0) is 42.5 Å². The van der Waals surface area contributed by atoms with E-state index in [9.17, 15) is 0 Å². The smallest absolute Gasteiger partial charge is 0.180 e. The number of hydrogen-bond acceptors (Lipinski definition) is 3. The van der Waals surface area contributed by atoms with E-state index < -0.39 is 0 Å². The number of hydrogen-bond donors (Lipinski definition) is 1. The highest BCUT2D eigenvalue weighted by molar-refractivity contribution is 14.1. The van der Waals surface area contributed by atoms with Gasteiger partial charge in [-0.3, -0.25) is 0 Å². The van der Waals surface area contributed by atoms with Crippen molar-refractivity contribution in [3.05, 3.63) is 16.1 Å². The largest absolute Gasteiger partial charge is 0.439 e. The van der Waals surface area contributed by atoms with Crippen molar-refractivity contribution >= 4 is 54.5 Å². The van der Waals surface area contributed by atoms with Crippen LogP contribution in [-0.4, -0.2) is 29.6 Å². The lowest BCUT2D eigenvalue weighted by Crippen LogP contribution is -2.07. The van der Waals surface area contributed by atoms with E-state index in [0.717, 1.165) is 20.6 Å². The lowest BCUT2D eigenvalue weighted by Gasteiger charge is -2.09. The third-order valence-electron chi connectivity index (χ3n) is 2.29. The molecule has 0 aliphatic heterocycles. The van der Waals surface area contributed by atoms with Gasteiger partial charge in [0.05, 0.1) is 12.0 Å². The third-order valence-corrected chi connectivity index (χ3v) is 2.85. The number of nitrogens with one attached hydrogen (secondary N) is 1. The van der Waals surface area contributed by atoms with Crippen LogP contribution in [0.4, 0.5) is 5.69 Å². The Labute approximate surface area is 110 Å². The maximum absolute atomic E-state index is 5.37. The highest BCUT2D eigenvalue weighted by atomic mass is 127. The van der Waals surface area contributed by atoms with Gasteiger partial charge in [-0.15, -0.1) is 0 Å². The quantitative estimate of drug-likeness (QED) is 0.532. The Bertz CT molecular complexity index is 511. The molecular weight excluding hydrogens is 313 g/mol. The fraction of sp³-hybridized carbons (Fsp3) is 0.333. The molecule has 79 valence electrons. The molecule has 2 rings (SSSR count). The van der Waals surface area contributed by atoms with Crippen molar-refractivity contribution in [1.82, 2.24) is 14.5 Å². The van der Waals surface area contributed by atoms with Crippen molar-refractivity contribution in [2.24, 2.45) is 0 Å². The first-order chi connectivity index (χ1) is 7.63. The molecule has 0 amide bonds. The van der Waals surface area contributed by atoms with Crippen molar-refractivity contribution in [2.75, 3.05) is 5.23 Å². The minimum atomic E-state index is 0.338. The van der Waals surface area contributed by atoms with Crippen LogP contribution in [0.15, 0.2) is 12.4 Å². The molecule has 0 aromatic carbocycles. The minimum Gasteiger partial charge on any atom is -0.439 e. The average molecular weight is 323 g/mol. The summed E-state index contributed by atoms with van der Waals surface area (Å²) in [5.41, 5.74) is 2.61. The number of aromatic nitrogens is 3. The highest BCUT2D eigenvalue weighted by Gasteiger charge is 2.11. The molecule has 0 spiro atoms. The molecule has 2 heterocycles. The van der Waals surface area contributed by atoms with Gasteiger partial charge in [-0.2, -0.15) is 0 Å². The molecule has 0 saturated heterocycles. The molecule has 0 saturated carbocycles. The van der Waals surface area contributed by atoms with Gasteiger partial charge in [0.2, 0.25) is 0 Å². The molecule has 0 bridgehead atoms. The van der Waals surface area contributed by atoms with E-state index in [0.29, 0.717) is 6.04 Å². The standard InChI is InChI=1S/C9H10B2IN4/c1-5(2)16-4-13-8-6(15-11-10)3-7(12)14-9(8)16/h3-5H,1-2H3,(H,14,15). The summed E-state index contributed by atoms with van der Waals surface area (Å²) >= 11 is 2.18. The zero-order valence-electron chi connectivity index (χ0n) is 9.11. The SMILES string of the molecule is [B][B]Nc1cc(I)nc2c1ncn2C(C)C. The van der Waals surface area contributed by atoms with E-state index >= 15 is 0 Å². The van der Waals surface area contributed by atoms with Gasteiger partial charge >= 0.3 is 0 Å². The van der Waals surface area contributed by atoms with Crippen LogP contribution in [0, 0.1) is 3.70 Å². The van der Waals surface area contributed by atoms with E-state index in [2.05, 4.69) is 51.6 Å². The third kappa shape index (κ3) is 2.05. The summed E-state index contributed by atoms with van der Waals surface area (Å²) in [7, 11) is 6.78. The van der Waals surface area contributed by atoms with E-state index in [-0.39, 0.29) is 0 Å². The van der Waals surface area contributed by atoms with Crippen molar-refractivity contribution in [1.29, 1.82) is 0 Å². The van der Waals surface area contributed by atoms with Crippen LogP contribution >= 0.6 is 22.6 Å². The summed E-state index contributed by atoms with van der Waals surface area (Å²) in [6.07, 6.45) is 1.81. The van der Waals surface area contributed by atoms with Crippen LogP contribution in [0.1, 0.15) is 19.9 Å². The van der Waals surface area contributed by atoms with Crippen LogP contribution in [0.2, 0.25) is 0 Å². The van der Waals surface area contributed by atoms with Crippen LogP contribution in [0.25, 0.3) is 11.2 Å². The number of rotatable bonds is 3. The summed E-state index contributed by atoms with van der Waals surface area (Å²) in [6.45, 7) is 4.20. The summed E-state index contributed by atoms with van der Waals surface area (Å²) in [4.78, 5) is 8.85. The van der Waals surface area contributed by atoms with Crippen molar-refractivity contribution in [2.45, 2.75) is 19.9 Å². The van der Waals surface area contributed by atoms with Gasteiger partial charge < -0.3 is 9.79 Å². The second-order valence-electron chi connectivity index (χ2n) is 3.72. The lowest BCUT2D eigenvalue weighted by atomic mass is 9.67. The molecule has 0 atom stereocenters. The molecule has 2 aromatic rings. The molecule has 0 aliphatic rings. The van der Waals surface area contributed by atoms with Gasteiger partial charge in [0.25, 0.3) is 0 Å². The Morgan fingerprint density at radius 2 is 2.31 bits per heavy atom. The summed E-state index contributed by atoms with van der Waals surface area (Å²) < 4.78 is 2.95. The van der Waals surface area contributed by atoms with E-state index in [1.165, 1.54) is 7.31 Å². The van der Waals surface area contributed by atoms with Crippen molar-refractivity contribution in [3.8, 4) is 0 Å². The Morgan fingerprint density at radius 1 is 1.56 bits per heavy atom. The molecule has 7 heteroatoms. The fourth-order valence-corrected chi connectivity index (χ4v) is 2.09. The summed E-state index contributed by atoms with van der Waals surface area (Å²) in [5.74, 6) is 0. The maximum atomic E-state index is 5.37. The lowest BCUT2D eigenvalue weighted by molar-refractivity contribution is 0.612. The maximum Gasteiger partial charge on any atom is 0.180 e. The average Bonchev–Trinajstić information content (AvgIpc) is 2.61. The highest BCUT2D eigenvalue weighted by Crippen LogP contribution is 2.24. The number of nitrogens with zero attached hydrogens (tertiary/aromatic N) is 3. The molecule has 2 aromatic heterocycles. The normalized spacial score (nSPS) is 11.0. The molecule has 4 nitrogen and oxygen atoms in total. The number of halogens is 1. The Morgan fingerprint density at radius 3 is 2.94 bits per heavy atom. The predicted octanol–water partition coefficient (Wildman–Crippen LogP) is 1.73. The zero-order valence-corrected chi connectivity index (χ0v) is 11.3. The van der Waals surface area contributed by atoms with Gasteiger partial charge in [0, 0.05) is 13.8 Å². The van der Waals surface area contributed by atoms with Gasteiger partial charge in [-0.25, -0.2) is 9.97 Å². The van der Waals surface area contributed by atoms with Crippen LogP contribution in [0.5, 0.6) is 0 Å². The molecular formula is C9H10B2IN4. The second kappa shape index (κ2) is 4.65. The summed E-state index contributed by atoms with van der Waals surface area (Å²) in [5, 5.41) is 2.98. The number of pyridine rings is 1. The van der Waals surface area contributed by atoms with Crippen molar-refractivity contribution in [3.63, 3.8) is 0 Å². The first kappa shape index (κ1) is 11.8. The first-order valence-electron chi connectivity index (χ1n) is 4.96. The Balaban J connectivity index is 2.65. The minimum absolute atomic E-state index is 0.338. The van der Waals surface area contributed by atoms with Gasteiger partial charge in [0.15, 0.2) is 13.0 Å². The molecule has 1 N–H and O–H groups in total. The number of fused-ring (bicyclic) bond motifs is 1. The Kier molecular flexibility index (Phi) is 3.41. The summed E-state index contributed by atoms with van der Waals surface area (Å²) in [6, 6.07) is 2.26. The van der Waals surface area contributed by atoms with Gasteiger partial charge in [0.1, 0.15) is 9.22 Å².